The standard InChI is InChI=1S/C25H20N2O5S3/c1-31-22-12-17(8-11-21(22)32-15-16-6-9-18(10-7-16)27(29)30)13-23-24(28)26(25(33)35-23)19-4-3-5-20(14-19)34-2/h3-14H,15H2,1-2H3/b23-13+. The van der Waals surface area contributed by atoms with Crippen molar-refractivity contribution in [1.82, 2.24) is 0 Å². The zero-order valence-electron chi connectivity index (χ0n) is 18.8. The van der Waals surface area contributed by atoms with Crippen LogP contribution >= 0.6 is 35.7 Å². The molecule has 10 heteroatoms. The van der Waals surface area contributed by atoms with E-state index in [0.717, 1.165) is 21.7 Å². The average Bonchev–Trinajstić information content (AvgIpc) is 3.15. The molecule has 0 aliphatic carbocycles. The zero-order chi connectivity index (χ0) is 24.9. The van der Waals surface area contributed by atoms with Gasteiger partial charge >= 0.3 is 0 Å². The van der Waals surface area contributed by atoms with Crippen molar-refractivity contribution < 1.29 is 19.2 Å². The lowest BCUT2D eigenvalue weighted by Crippen LogP contribution is -2.27. The number of nitro benzene ring substituents is 1. The summed E-state index contributed by atoms with van der Waals surface area (Å²) in [4.78, 5) is 26.6. The Morgan fingerprint density at radius 3 is 2.57 bits per heavy atom. The number of anilines is 1. The van der Waals surface area contributed by atoms with E-state index in [1.807, 2.05) is 36.6 Å². The highest BCUT2D eigenvalue weighted by Crippen LogP contribution is 2.38. The predicted octanol–water partition coefficient (Wildman–Crippen LogP) is 6.31. The quantitative estimate of drug-likeness (QED) is 0.111. The summed E-state index contributed by atoms with van der Waals surface area (Å²) in [7, 11) is 1.54. The van der Waals surface area contributed by atoms with E-state index in [1.165, 1.54) is 31.0 Å². The van der Waals surface area contributed by atoms with E-state index < -0.39 is 4.92 Å². The number of ether oxygens (including phenoxy) is 2. The molecule has 0 unspecified atom stereocenters. The van der Waals surface area contributed by atoms with Crippen molar-refractivity contribution in [1.29, 1.82) is 0 Å². The van der Waals surface area contributed by atoms with Gasteiger partial charge in [0.2, 0.25) is 0 Å². The summed E-state index contributed by atoms with van der Waals surface area (Å²) in [6, 6.07) is 19.2. The number of methoxy groups -OCH3 is 1. The van der Waals surface area contributed by atoms with Gasteiger partial charge in [-0.2, -0.15) is 0 Å². The highest BCUT2D eigenvalue weighted by atomic mass is 32.2. The number of thiocarbonyl (C=S) groups is 1. The van der Waals surface area contributed by atoms with Crippen LogP contribution in [-0.4, -0.2) is 28.5 Å². The number of nitro groups is 1. The second kappa shape index (κ2) is 10.9. The van der Waals surface area contributed by atoms with E-state index in [1.54, 1.807) is 47.0 Å². The molecule has 1 heterocycles. The Balaban J connectivity index is 1.50. The van der Waals surface area contributed by atoms with E-state index >= 15 is 0 Å². The normalized spacial score (nSPS) is 14.5. The maximum atomic E-state index is 13.1. The van der Waals surface area contributed by atoms with E-state index in [9.17, 15) is 14.9 Å². The summed E-state index contributed by atoms with van der Waals surface area (Å²) < 4.78 is 11.8. The molecule has 3 aromatic rings. The van der Waals surface area contributed by atoms with Crippen LogP contribution in [0, 0.1) is 10.1 Å². The highest BCUT2D eigenvalue weighted by molar-refractivity contribution is 8.27. The Kier molecular flexibility index (Phi) is 7.74. The Morgan fingerprint density at radius 1 is 1.11 bits per heavy atom. The van der Waals surface area contributed by atoms with Gasteiger partial charge in [-0.15, -0.1) is 11.8 Å². The van der Waals surface area contributed by atoms with Gasteiger partial charge in [0.25, 0.3) is 11.6 Å². The van der Waals surface area contributed by atoms with E-state index in [-0.39, 0.29) is 18.2 Å². The first-order valence-corrected chi connectivity index (χ1v) is 12.8. The van der Waals surface area contributed by atoms with Gasteiger partial charge in [0.05, 0.1) is 22.6 Å². The molecule has 1 aliphatic rings. The fourth-order valence-electron chi connectivity index (χ4n) is 3.36. The van der Waals surface area contributed by atoms with Gasteiger partial charge in [-0.25, -0.2) is 0 Å². The minimum absolute atomic E-state index is 0.0260. The molecule has 1 aliphatic heterocycles. The number of rotatable bonds is 8. The summed E-state index contributed by atoms with van der Waals surface area (Å²) in [5.74, 6) is 0.851. The van der Waals surface area contributed by atoms with E-state index in [4.69, 9.17) is 21.7 Å². The molecule has 4 rings (SSSR count). The summed E-state index contributed by atoms with van der Waals surface area (Å²) in [5, 5.41) is 10.8. The minimum Gasteiger partial charge on any atom is -0.493 e. The number of thioether (sulfide) groups is 2. The number of benzene rings is 3. The first-order valence-electron chi connectivity index (χ1n) is 10.4. The molecule has 1 amide bonds. The number of hydrogen-bond donors (Lipinski definition) is 0. The molecule has 35 heavy (non-hydrogen) atoms. The molecule has 1 saturated heterocycles. The van der Waals surface area contributed by atoms with E-state index in [2.05, 4.69) is 0 Å². The van der Waals surface area contributed by atoms with Crippen molar-refractivity contribution in [3.05, 3.63) is 92.9 Å². The average molecular weight is 525 g/mol. The van der Waals surface area contributed by atoms with Crippen molar-refractivity contribution in [3.8, 4) is 11.5 Å². The minimum atomic E-state index is -0.443. The number of nitrogens with zero attached hydrogens (tertiary/aromatic N) is 2. The molecule has 0 N–H and O–H groups in total. The Hall–Kier alpha value is -3.34. The van der Waals surface area contributed by atoms with Gasteiger partial charge in [0.15, 0.2) is 15.8 Å². The second-order valence-corrected chi connectivity index (χ2v) is 9.90. The molecular formula is C25H20N2O5S3. The molecule has 0 saturated carbocycles. The molecule has 0 atom stereocenters. The molecule has 0 aromatic heterocycles. The molecule has 0 radical (unpaired) electrons. The van der Waals surface area contributed by atoms with Crippen LogP contribution in [0.5, 0.6) is 11.5 Å². The van der Waals surface area contributed by atoms with Gasteiger partial charge in [-0.1, -0.05) is 36.1 Å². The molecule has 178 valence electrons. The Morgan fingerprint density at radius 2 is 1.89 bits per heavy atom. The Bertz CT molecular complexity index is 1320. The molecule has 7 nitrogen and oxygen atoms in total. The van der Waals surface area contributed by atoms with Gasteiger partial charge in [-0.3, -0.25) is 19.8 Å². The van der Waals surface area contributed by atoms with Crippen LogP contribution in [0.3, 0.4) is 0 Å². The van der Waals surface area contributed by atoms with Crippen LogP contribution in [0.25, 0.3) is 6.08 Å². The highest BCUT2D eigenvalue weighted by Gasteiger charge is 2.33. The lowest BCUT2D eigenvalue weighted by Gasteiger charge is -2.15. The molecule has 3 aromatic carbocycles. The first kappa shape index (κ1) is 24.8. The van der Waals surface area contributed by atoms with Crippen molar-refractivity contribution in [2.24, 2.45) is 0 Å². The summed E-state index contributed by atoms with van der Waals surface area (Å²) in [6.45, 7) is 0.224. The first-order chi connectivity index (χ1) is 16.9. The Labute approximate surface area is 216 Å². The van der Waals surface area contributed by atoms with Crippen LogP contribution in [0.2, 0.25) is 0 Å². The third kappa shape index (κ3) is 5.67. The van der Waals surface area contributed by atoms with Crippen molar-refractivity contribution in [2.75, 3.05) is 18.3 Å². The SMILES string of the molecule is COc1cc(/C=C2/SC(=S)N(c3cccc(SC)c3)C2=O)ccc1OCc1ccc([N+](=O)[O-])cc1. The van der Waals surface area contributed by atoms with Gasteiger partial charge < -0.3 is 9.47 Å². The van der Waals surface area contributed by atoms with E-state index in [0.29, 0.717) is 20.7 Å². The molecule has 0 bridgehead atoms. The summed E-state index contributed by atoms with van der Waals surface area (Å²) >= 11 is 8.34. The largest absolute Gasteiger partial charge is 0.493 e. The smallest absolute Gasteiger partial charge is 0.270 e. The molecule has 1 fully saturated rings. The number of carbonyl (C=O) groups excluding carboxylic acids is 1. The van der Waals surface area contributed by atoms with Crippen molar-refractivity contribution in [3.63, 3.8) is 0 Å². The van der Waals surface area contributed by atoms with Crippen LogP contribution in [0.1, 0.15) is 11.1 Å². The van der Waals surface area contributed by atoms with Gasteiger partial charge in [-0.05, 0) is 65.9 Å². The lowest BCUT2D eigenvalue weighted by molar-refractivity contribution is -0.384. The van der Waals surface area contributed by atoms with Crippen LogP contribution in [0.4, 0.5) is 11.4 Å². The third-order valence-corrected chi connectivity index (χ3v) is 7.16. The van der Waals surface area contributed by atoms with Crippen molar-refractivity contribution in [2.45, 2.75) is 11.5 Å². The maximum Gasteiger partial charge on any atom is 0.270 e. The topological polar surface area (TPSA) is 81.9 Å². The second-order valence-electron chi connectivity index (χ2n) is 7.34. The zero-order valence-corrected chi connectivity index (χ0v) is 21.2. The number of non-ortho nitro benzene ring substituents is 1. The monoisotopic (exact) mass is 524 g/mol. The number of hydrogen-bond acceptors (Lipinski definition) is 8. The maximum absolute atomic E-state index is 13.1. The number of carbonyl (C=O) groups is 1. The van der Waals surface area contributed by atoms with Crippen molar-refractivity contribution >= 4 is 63.4 Å². The van der Waals surface area contributed by atoms with Gasteiger partial charge in [0, 0.05) is 17.0 Å². The molecular weight excluding hydrogens is 504 g/mol. The third-order valence-electron chi connectivity index (χ3n) is 5.13. The summed E-state index contributed by atoms with van der Waals surface area (Å²) in [6.07, 6.45) is 3.76. The van der Waals surface area contributed by atoms with Gasteiger partial charge in [0.1, 0.15) is 6.61 Å². The fraction of sp³-hybridized carbons (Fsp3) is 0.120. The van der Waals surface area contributed by atoms with Crippen LogP contribution < -0.4 is 14.4 Å². The summed E-state index contributed by atoms with van der Waals surface area (Å²) in [5.41, 5.74) is 2.33. The van der Waals surface area contributed by atoms with Crippen LogP contribution in [-0.2, 0) is 11.4 Å². The lowest BCUT2D eigenvalue weighted by atomic mass is 10.1. The molecule has 0 spiro atoms. The number of amides is 1. The fourth-order valence-corrected chi connectivity index (χ4v) is 5.11. The van der Waals surface area contributed by atoms with Crippen LogP contribution in [0.15, 0.2) is 76.5 Å². The predicted molar refractivity (Wildman–Crippen MR) is 144 cm³/mol.